The highest BCUT2D eigenvalue weighted by Crippen LogP contribution is 2.30. The standard InChI is InChI=1S/C18H26N2O3/c21-16-9-7-15(8-10-16)20-18(22)19-11-14-3-1-2-4-17(14)23-12-13-5-6-13/h1-4,13,15-16,21H,5-12H2,(H2,19,20,22). The number of aliphatic hydroxyl groups excluding tert-OH is 1. The first kappa shape index (κ1) is 16.1. The maximum atomic E-state index is 12.0. The summed E-state index contributed by atoms with van der Waals surface area (Å²) in [5, 5.41) is 15.4. The zero-order valence-corrected chi connectivity index (χ0v) is 13.5. The SMILES string of the molecule is O=C(NCc1ccccc1OCC1CC1)NC1CCC(O)CC1. The molecule has 2 amide bonds. The smallest absolute Gasteiger partial charge is 0.315 e. The van der Waals surface area contributed by atoms with Gasteiger partial charge in [-0.1, -0.05) is 18.2 Å². The molecule has 126 valence electrons. The van der Waals surface area contributed by atoms with Crippen molar-refractivity contribution in [2.45, 2.75) is 57.2 Å². The van der Waals surface area contributed by atoms with Crippen LogP contribution in [0.5, 0.6) is 5.75 Å². The largest absolute Gasteiger partial charge is 0.493 e. The summed E-state index contributed by atoms with van der Waals surface area (Å²) in [6.07, 6.45) is 5.54. The zero-order valence-electron chi connectivity index (χ0n) is 13.5. The average molecular weight is 318 g/mol. The molecule has 1 aromatic rings. The number of amides is 2. The number of hydrogen-bond donors (Lipinski definition) is 3. The third kappa shape index (κ3) is 5.13. The number of para-hydroxylation sites is 1. The minimum Gasteiger partial charge on any atom is -0.493 e. The molecular formula is C18H26N2O3. The zero-order chi connectivity index (χ0) is 16.1. The number of rotatable bonds is 6. The van der Waals surface area contributed by atoms with E-state index < -0.39 is 0 Å². The molecule has 23 heavy (non-hydrogen) atoms. The van der Waals surface area contributed by atoms with Crippen LogP contribution in [0.1, 0.15) is 44.1 Å². The van der Waals surface area contributed by atoms with Crippen LogP contribution >= 0.6 is 0 Å². The first-order valence-corrected chi connectivity index (χ1v) is 8.64. The maximum absolute atomic E-state index is 12.0. The molecule has 0 bridgehead atoms. The van der Waals surface area contributed by atoms with Gasteiger partial charge >= 0.3 is 6.03 Å². The van der Waals surface area contributed by atoms with Gasteiger partial charge < -0.3 is 20.5 Å². The van der Waals surface area contributed by atoms with Gasteiger partial charge in [-0.2, -0.15) is 0 Å². The van der Waals surface area contributed by atoms with Gasteiger partial charge in [0.2, 0.25) is 0 Å². The van der Waals surface area contributed by atoms with Crippen molar-refractivity contribution < 1.29 is 14.6 Å². The first-order valence-electron chi connectivity index (χ1n) is 8.64. The van der Waals surface area contributed by atoms with Crippen molar-refractivity contribution in [1.29, 1.82) is 0 Å². The van der Waals surface area contributed by atoms with Gasteiger partial charge in [-0.05, 0) is 50.5 Å². The molecule has 0 aromatic heterocycles. The molecule has 2 fully saturated rings. The third-order valence-corrected chi connectivity index (χ3v) is 4.62. The van der Waals surface area contributed by atoms with Gasteiger partial charge in [0.25, 0.3) is 0 Å². The number of aliphatic hydroxyl groups is 1. The minimum absolute atomic E-state index is 0.150. The Hall–Kier alpha value is -1.75. The fourth-order valence-electron chi connectivity index (χ4n) is 2.91. The Morgan fingerprint density at radius 1 is 1.13 bits per heavy atom. The quantitative estimate of drug-likeness (QED) is 0.755. The van der Waals surface area contributed by atoms with E-state index in [9.17, 15) is 9.90 Å². The van der Waals surface area contributed by atoms with Crippen LogP contribution in [0.25, 0.3) is 0 Å². The van der Waals surface area contributed by atoms with Crippen LogP contribution in [0.4, 0.5) is 4.79 Å². The molecule has 0 heterocycles. The number of hydrogen-bond acceptors (Lipinski definition) is 3. The van der Waals surface area contributed by atoms with E-state index in [0.717, 1.165) is 43.6 Å². The maximum Gasteiger partial charge on any atom is 0.315 e. The summed E-state index contributed by atoms with van der Waals surface area (Å²) >= 11 is 0. The summed E-state index contributed by atoms with van der Waals surface area (Å²) in [7, 11) is 0. The highest BCUT2D eigenvalue weighted by molar-refractivity contribution is 5.74. The monoisotopic (exact) mass is 318 g/mol. The Labute approximate surface area is 137 Å². The predicted molar refractivity (Wildman–Crippen MR) is 88.3 cm³/mol. The second kappa shape index (κ2) is 7.68. The van der Waals surface area contributed by atoms with Gasteiger partial charge in [-0.25, -0.2) is 4.79 Å². The normalized spacial score (nSPS) is 24.0. The molecule has 3 N–H and O–H groups in total. The Morgan fingerprint density at radius 2 is 1.87 bits per heavy atom. The molecule has 0 spiro atoms. The molecule has 0 saturated heterocycles. The highest BCUT2D eigenvalue weighted by Gasteiger charge is 2.23. The molecule has 0 aliphatic heterocycles. The Kier molecular flexibility index (Phi) is 5.39. The van der Waals surface area contributed by atoms with Crippen LogP contribution in [0.3, 0.4) is 0 Å². The van der Waals surface area contributed by atoms with E-state index in [1.165, 1.54) is 12.8 Å². The van der Waals surface area contributed by atoms with Gasteiger partial charge in [0, 0.05) is 18.2 Å². The Morgan fingerprint density at radius 3 is 2.61 bits per heavy atom. The van der Waals surface area contributed by atoms with Gasteiger partial charge in [-0.3, -0.25) is 0 Å². The summed E-state index contributed by atoms with van der Waals surface area (Å²) in [4.78, 5) is 12.0. The van der Waals surface area contributed by atoms with Crippen molar-refractivity contribution in [2.24, 2.45) is 5.92 Å². The molecule has 0 radical (unpaired) electrons. The third-order valence-electron chi connectivity index (χ3n) is 4.62. The van der Waals surface area contributed by atoms with Crippen molar-refractivity contribution in [3.05, 3.63) is 29.8 Å². The van der Waals surface area contributed by atoms with E-state index in [1.54, 1.807) is 0 Å². The second-order valence-corrected chi connectivity index (χ2v) is 6.69. The fourth-order valence-corrected chi connectivity index (χ4v) is 2.91. The summed E-state index contributed by atoms with van der Waals surface area (Å²) in [6, 6.07) is 7.88. The van der Waals surface area contributed by atoms with Crippen molar-refractivity contribution in [1.82, 2.24) is 10.6 Å². The first-order chi connectivity index (χ1) is 11.2. The topological polar surface area (TPSA) is 70.6 Å². The van der Waals surface area contributed by atoms with Gasteiger partial charge in [-0.15, -0.1) is 0 Å². The van der Waals surface area contributed by atoms with Crippen LogP contribution in [-0.2, 0) is 6.54 Å². The van der Waals surface area contributed by atoms with E-state index in [4.69, 9.17) is 4.74 Å². The summed E-state index contributed by atoms with van der Waals surface area (Å²) < 4.78 is 5.86. The molecule has 0 unspecified atom stereocenters. The molecule has 1 aromatic carbocycles. The van der Waals surface area contributed by atoms with Crippen molar-refractivity contribution in [2.75, 3.05) is 6.61 Å². The fraction of sp³-hybridized carbons (Fsp3) is 0.611. The van der Waals surface area contributed by atoms with Gasteiger partial charge in [0.15, 0.2) is 0 Å². The number of benzene rings is 1. The van der Waals surface area contributed by atoms with Crippen molar-refractivity contribution in [3.63, 3.8) is 0 Å². The Balaban J connectivity index is 1.44. The molecule has 2 saturated carbocycles. The van der Waals surface area contributed by atoms with E-state index in [0.29, 0.717) is 12.5 Å². The van der Waals surface area contributed by atoms with Crippen LogP contribution in [0.2, 0.25) is 0 Å². The Bertz CT molecular complexity index is 523. The second-order valence-electron chi connectivity index (χ2n) is 6.69. The van der Waals surface area contributed by atoms with Crippen LogP contribution in [0.15, 0.2) is 24.3 Å². The summed E-state index contributed by atoms with van der Waals surface area (Å²) in [5.41, 5.74) is 1.00. The molecule has 3 rings (SSSR count). The molecule has 2 aliphatic carbocycles. The van der Waals surface area contributed by atoms with Crippen LogP contribution in [-0.4, -0.2) is 29.9 Å². The predicted octanol–water partition coefficient (Wildman–Crippen LogP) is 2.58. The molecular weight excluding hydrogens is 292 g/mol. The summed E-state index contributed by atoms with van der Waals surface area (Å²) in [6.45, 7) is 1.23. The lowest BCUT2D eigenvalue weighted by molar-refractivity contribution is 0.117. The molecule has 5 heteroatoms. The highest BCUT2D eigenvalue weighted by atomic mass is 16.5. The van der Waals surface area contributed by atoms with Crippen molar-refractivity contribution in [3.8, 4) is 5.75 Å². The lowest BCUT2D eigenvalue weighted by Gasteiger charge is -2.26. The van der Waals surface area contributed by atoms with Gasteiger partial charge in [0.05, 0.1) is 12.7 Å². The van der Waals surface area contributed by atoms with E-state index in [-0.39, 0.29) is 18.2 Å². The van der Waals surface area contributed by atoms with Crippen LogP contribution < -0.4 is 15.4 Å². The van der Waals surface area contributed by atoms with E-state index in [2.05, 4.69) is 10.6 Å². The average Bonchev–Trinajstić information content (AvgIpc) is 3.38. The summed E-state index contributed by atoms with van der Waals surface area (Å²) in [5.74, 6) is 1.57. The number of nitrogens with one attached hydrogen (secondary N) is 2. The van der Waals surface area contributed by atoms with E-state index in [1.807, 2.05) is 24.3 Å². The number of carbonyl (C=O) groups excluding carboxylic acids is 1. The number of urea groups is 1. The molecule has 2 aliphatic rings. The minimum atomic E-state index is -0.202. The lowest BCUT2D eigenvalue weighted by atomic mass is 9.93. The molecule has 0 atom stereocenters. The lowest BCUT2D eigenvalue weighted by Crippen LogP contribution is -2.43. The number of carbonyl (C=O) groups is 1. The van der Waals surface area contributed by atoms with Crippen molar-refractivity contribution >= 4 is 6.03 Å². The van der Waals surface area contributed by atoms with Gasteiger partial charge in [0.1, 0.15) is 5.75 Å². The van der Waals surface area contributed by atoms with E-state index >= 15 is 0 Å². The van der Waals surface area contributed by atoms with Crippen LogP contribution in [0, 0.1) is 5.92 Å². The number of ether oxygens (including phenoxy) is 1. The molecule has 5 nitrogen and oxygen atoms in total.